The summed E-state index contributed by atoms with van der Waals surface area (Å²) in [6, 6.07) is 7.16. The van der Waals surface area contributed by atoms with Gasteiger partial charge in [-0.15, -0.1) is 0 Å². The quantitative estimate of drug-likeness (QED) is 0.357. The van der Waals surface area contributed by atoms with Crippen LogP contribution in [0.4, 0.5) is 0 Å². The lowest BCUT2D eigenvalue weighted by molar-refractivity contribution is 0.0592. The lowest BCUT2D eigenvalue weighted by Crippen LogP contribution is -2.35. The highest BCUT2D eigenvalue weighted by Gasteiger charge is 2.22. The number of aromatic nitrogens is 4. The molecular formula is C21H25N5O5. The number of aryl methyl sites for hydroxylation is 1. The minimum absolute atomic E-state index is 0.143. The first kappa shape index (κ1) is 22.2. The number of hydrogen-bond acceptors (Lipinski definition) is 8. The Balaban J connectivity index is 1.80. The van der Waals surface area contributed by atoms with E-state index in [-0.39, 0.29) is 11.6 Å². The predicted octanol–water partition coefficient (Wildman–Crippen LogP) is 2.07. The maximum atomic E-state index is 13.4. The summed E-state index contributed by atoms with van der Waals surface area (Å²) in [7, 11) is 2.91. The van der Waals surface area contributed by atoms with Crippen molar-refractivity contribution in [1.29, 1.82) is 0 Å². The van der Waals surface area contributed by atoms with Gasteiger partial charge < -0.3 is 18.8 Å². The molecule has 3 rings (SSSR count). The number of oxazole rings is 1. The number of benzene rings is 1. The van der Waals surface area contributed by atoms with Gasteiger partial charge in [-0.05, 0) is 25.5 Å². The molecule has 1 aromatic carbocycles. The minimum atomic E-state index is -0.554. The molecule has 2 heterocycles. The Morgan fingerprint density at radius 1 is 1.13 bits per heavy atom. The summed E-state index contributed by atoms with van der Waals surface area (Å²) in [5.41, 5.74) is 1.22. The van der Waals surface area contributed by atoms with E-state index in [0.717, 1.165) is 0 Å². The molecule has 0 N–H and O–H groups in total. The number of methoxy groups -OCH3 is 2. The maximum absolute atomic E-state index is 13.4. The van der Waals surface area contributed by atoms with E-state index in [9.17, 15) is 9.59 Å². The Morgan fingerprint density at radius 3 is 2.58 bits per heavy atom. The summed E-state index contributed by atoms with van der Waals surface area (Å²) in [6.45, 7) is 3.01. The Kier molecular flexibility index (Phi) is 7.50. The van der Waals surface area contributed by atoms with Crippen LogP contribution in [0, 0.1) is 6.92 Å². The van der Waals surface area contributed by atoms with Crippen LogP contribution in [-0.2, 0) is 15.9 Å². The number of amides is 1. The monoisotopic (exact) mass is 427 g/mol. The van der Waals surface area contributed by atoms with Crippen molar-refractivity contribution in [2.24, 2.45) is 0 Å². The predicted molar refractivity (Wildman–Crippen MR) is 110 cm³/mol. The van der Waals surface area contributed by atoms with E-state index >= 15 is 0 Å². The number of ether oxygens (including phenoxy) is 2. The van der Waals surface area contributed by atoms with Crippen LogP contribution in [0.1, 0.15) is 38.9 Å². The van der Waals surface area contributed by atoms with Crippen LogP contribution in [0.25, 0.3) is 5.69 Å². The van der Waals surface area contributed by atoms with Crippen LogP contribution in [0.2, 0.25) is 0 Å². The maximum Gasteiger partial charge on any atom is 0.360 e. The third kappa shape index (κ3) is 5.34. The SMILES string of the molecule is COCCCN(CCc1nc(C(=O)OC)c(C)o1)C(=O)c1ccccc1-n1nccn1. The van der Waals surface area contributed by atoms with Gasteiger partial charge in [0.25, 0.3) is 5.91 Å². The molecule has 2 aromatic heterocycles. The van der Waals surface area contributed by atoms with E-state index in [1.54, 1.807) is 49.5 Å². The number of esters is 1. The molecule has 164 valence electrons. The van der Waals surface area contributed by atoms with Gasteiger partial charge in [0.2, 0.25) is 0 Å². The minimum Gasteiger partial charge on any atom is -0.464 e. The van der Waals surface area contributed by atoms with Gasteiger partial charge in [-0.3, -0.25) is 4.79 Å². The lowest BCUT2D eigenvalue weighted by Gasteiger charge is -2.23. The van der Waals surface area contributed by atoms with Gasteiger partial charge in [-0.25, -0.2) is 9.78 Å². The van der Waals surface area contributed by atoms with E-state index in [4.69, 9.17) is 13.9 Å². The molecule has 0 aliphatic carbocycles. The number of rotatable bonds is 10. The van der Waals surface area contributed by atoms with Crippen LogP contribution in [0.5, 0.6) is 0 Å². The molecule has 0 fully saturated rings. The summed E-state index contributed by atoms with van der Waals surface area (Å²) in [4.78, 5) is 32.5. The fourth-order valence-electron chi connectivity index (χ4n) is 3.13. The third-order valence-electron chi connectivity index (χ3n) is 4.65. The van der Waals surface area contributed by atoms with Crippen molar-refractivity contribution in [3.8, 4) is 5.69 Å². The number of carbonyl (C=O) groups excluding carboxylic acids is 2. The lowest BCUT2D eigenvalue weighted by atomic mass is 10.1. The van der Waals surface area contributed by atoms with Crippen LogP contribution in [0.15, 0.2) is 41.1 Å². The Labute approximate surface area is 179 Å². The number of para-hydroxylation sites is 1. The molecule has 31 heavy (non-hydrogen) atoms. The molecule has 0 unspecified atom stereocenters. The largest absolute Gasteiger partial charge is 0.464 e. The number of hydrogen-bond donors (Lipinski definition) is 0. The molecule has 0 spiro atoms. The zero-order valence-corrected chi connectivity index (χ0v) is 17.8. The summed E-state index contributed by atoms with van der Waals surface area (Å²) in [6.07, 6.45) is 4.13. The highest BCUT2D eigenvalue weighted by Crippen LogP contribution is 2.17. The van der Waals surface area contributed by atoms with Crippen molar-refractivity contribution in [2.45, 2.75) is 19.8 Å². The van der Waals surface area contributed by atoms with E-state index in [1.807, 2.05) is 6.07 Å². The number of carbonyl (C=O) groups is 2. The van der Waals surface area contributed by atoms with Gasteiger partial charge in [0.05, 0.1) is 30.8 Å². The molecule has 0 aliphatic heterocycles. The van der Waals surface area contributed by atoms with Gasteiger partial charge >= 0.3 is 5.97 Å². The molecule has 0 saturated heterocycles. The second kappa shape index (κ2) is 10.5. The summed E-state index contributed by atoms with van der Waals surface area (Å²) < 4.78 is 15.4. The molecule has 3 aromatic rings. The Bertz CT molecular complexity index is 1020. The number of nitrogens with zero attached hydrogens (tertiary/aromatic N) is 5. The summed E-state index contributed by atoms with van der Waals surface area (Å²) in [5.74, 6) is 0.0281. The van der Waals surface area contributed by atoms with Gasteiger partial charge in [0.15, 0.2) is 11.6 Å². The average Bonchev–Trinajstić information content (AvgIpc) is 3.45. The molecule has 0 saturated carbocycles. The third-order valence-corrected chi connectivity index (χ3v) is 4.65. The van der Waals surface area contributed by atoms with Crippen LogP contribution >= 0.6 is 0 Å². The molecule has 10 heteroatoms. The highest BCUT2D eigenvalue weighted by atomic mass is 16.5. The van der Waals surface area contributed by atoms with Crippen LogP contribution < -0.4 is 0 Å². The smallest absolute Gasteiger partial charge is 0.360 e. The first-order valence-corrected chi connectivity index (χ1v) is 9.83. The second-order valence-corrected chi connectivity index (χ2v) is 6.73. The summed E-state index contributed by atoms with van der Waals surface area (Å²) in [5, 5.41) is 8.28. The zero-order chi connectivity index (χ0) is 22.2. The Hall–Kier alpha value is -3.53. The van der Waals surface area contributed by atoms with E-state index < -0.39 is 5.97 Å². The molecule has 0 radical (unpaired) electrons. The average molecular weight is 427 g/mol. The van der Waals surface area contributed by atoms with Gasteiger partial charge in [0.1, 0.15) is 5.76 Å². The molecule has 0 bridgehead atoms. The van der Waals surface area contributed by atoms with Crippen molar-refractivity contribution in [1.82, 2.24) is 24.9 Å². The molecular weight excluding hydrogens is 402 g/mol. The molecule has 1 amide bonds. The van der Waals surface area contributed by atoms with Crippen molar-refractivity contribution in [3.63, 3.8) is 0 Å². The van der Waals surface area contributed by atoms with Crippen LogP contribution in [0.3, 0.4) is 0 Å². The molecule has 10 nitrogen and oxygen atoms in total. The topological polar surface area (TPSA) is 113 Å². The second-order valence-electron chi connectivity index (χ2n) is 6.73. The zero-order valence-electron chi connectivity index (χ0n) is 17.8. The van der Waals surface area contributed by atoms with Crippen molar-refractivity contribution >= 4 is 11.9 Å². The van der Waals surface area contributed by atoms with Crippen LogP contribution in [-0.4, -0.2) is 70.7 Å². The van der Waals surface area contributed by atoms with E-state index in [0.29, 0.717) is 55.4 Å². The fourth-order valence-corrected chi connectivity index (χ4v) is 3.13. The standard InChI is InChI=1S/C21H25N5O5/c1-15-19(21(28)30-3)24-18(31-15)9-13-25(12-6-14-29-2)20(27)16-7-4-5-8-17(16)26-22-10-11-23-26/h4-5,7-8,10-11H,6,9,12-14H2,1-3H3. The summed E-state index contributed by atoms with van der Waals surface area (Å²) >= 11 is 0. The highest BCUT2D eigenvalue weighted by molar-refractivity contribution is 5.97. The molecule has 0 aliphatic rings. The van der Waals surface area contributed by atoms with E-state index in [2.05, 4.69) is 15.2 Å². The van der Waals surface area contributed by atoms with Crippen molar-refractivity contribution in [3.05, 3.63) is 59.6 Å². The first-order valence-electron chi connectivity index (χ1n) is 9.83. The van der Waals surface area contributed by atoms with E-state index in [1.165, 1.54) is 11.9 Å². The van der Waals surface area contributed by atoms with Crippen molar-refractivity contribution in [2.75, 3.05) is 33.9 Å². The molecule has 0 atom stereocenters. The van der Waals surface area contributed by atoms with Crippen molar-refractivity contribution < 1.29 is 23.5 Å². The normalized spacial score (nSPS) is 10.8. The van der Waals surface area contributed by atoms with Gasteiger partial charge in [-0.2, -0.15) is 15.0 Å². The fraction of sp³-hybridized carbons (Fsp3) is 0.381. The van der Waals surface area contributed by atoms with Gasteiger partial charge in [-0.1, -0.05) is 12.1 Å². The first-order chi connectivity index (χ1) is 15.0. The Morgan fingerprint density at radius 2 is 1.87 bits per heavy atom. The van der Waals surface area contributed by atoms with Gasteiger partial charge in [0, 0.05) is 33.2 Å².